The minimum absolute atomic E-state index is 0.590. The number of piperidine rings is 1. The monoisotopic (exact) mass is 311 g/mol. The maximum atomic E-state index is 4.71. The minimum atomic E-state index is 0.590. The number of nitrogens with zero attached hydrogens (tertiary/aromatic N) is 2. The zero-order valence-corrected chi connectivity index (χ0v) is 12.8. The third kappa shape index (κ3) is 3.23. The Balaban J connectivity index is 2.14. The number of halogens is 1. The minimum Gasteiger partial charge on any atom is -0.352 e. The van der Waals surface area contributed by atoms with Gasteiger partial charge in [-0.25, -0.2) is 4.98 Å². The summed E-state index contributed by atoms with van der Waals surface area (Å²) >= 11 is 3.52. The highest BCUT2D eigenvalue weighted by Crippen LogP contribution is 2.25. The second-order valence-corrected chi connectivity index (χ2v) is 5.74. The largest absolute Gasteiger partial charge is 0.352 e. The van der Waals surface area contributed by atoms with Crippen LogP contribution in [-0.4, -0.2) is 30.7 Å². The predicted octanol–water partition coefficient (Wildman–Crippen LogP) is 3.12. The standard InChI is InChI=1S/C14H22BrN3/c1-3-16-10-12-6-4-5-9-18(12)14-8-7-13(15)11(2)17-14/h7-8,12,16H,3-6,9-10H2,1-2H3. The van der Waals surface area contributed by atoms with Gasteiger partial charge in [0.05, 0.1) is 5.69 Å². The first-order valence-corrected chi connectivity index (χ1v) is 7.62. The quantitative estimate of drug-likeness (QED) is 0.926. The van der Waals surface area contributed by atoms with E-state index in [1.807, 2.05) is 0 Å². The highest BCUT2D eigenvalue weighted by atomic mass is 79.9. The summed E-state index contributed by atoms with van der Waals surface area (Å²) in [5.41, 5.74) is 1.07. The summed E-state index contributed by atoms with van der Waals surface area (Å²) in [6.07, 6.45) is 3.88. The Morgan fingerprint density at radius 1 is 1.44 bits per heavy atom. The molecule has 1 aromatic heterocycles. The van der Waals surface area contributed by atoms with E-state index in [1.165, 1.54) is 19.3 Å². The SMILES string of the molecule is CCNCC1CCCCN1c1ccc(Br)c(C)n1. The van der Waals surface area contributed by atoms with Crippen LogP contribution in [-0.2, 0) is 0 Å². The third-order valence-electron chi connectivity index (χ3n) is 3.56. The van der Waals surface area contributed by atoms with Gasteiger partial charge < -0.3 is 10.2 Å². The van der Waals surface area contributed by atoms with Crippen LogP contribution in [0.15, 0.2) is 16.6 Å². The molecule has 100 valence electrons. The number of pyridine rings is 1. The smallest absolute Gasteiger partial charge is 0.129 e. The van der Waals surface area contributed by atoms with Crippen LogP contribution in [0.5, 0.6) is 0 Å². The fourth-order valence-electron chi connectivity index (χ4n) is 2.52. The Labute approximate surface area is 118 Å². The lowest BCUT2D eigenvalue weighted by atomic mass is 10.0. The van der Waals surface area contributed by atoms with Gasteiger partial charge in [0, 0.05) is 23.6 Å². The number of anilines is 1. The molecule has 4 heteroatoms. The predicted molar refractivity (Wildman–Crippen MR) is 80.2 cm³/mol. The molecule has 18 heavy (non-hydrogen) atoms. The second kappa shape index (κ2) is 6.53. The highest BCUT2D eigenvalue weighted by molar-refractivity contribution is 9.10. The van der Waals surface area contributed by atoms with Crippen molar-refractivity contribution < 1.29 is 0 Å². The molecule has 0 spiro atoms. The number of likely N-dealkylation sites (N-methyl/N-ethyl adjacent to an activating group) is 1. The molecule has 1 N–H and O–H groups in total. The second-order valence-electron chi connectivity index (χ2n) is 4.89. The molecular formula is C14H22BrN3. The van der Waals surface area contributed by atoms with Crippen molar-refractivity contribution in [2.75, 3.05) is 24.5 Å². The number of nitrogens with one attached hydrogen (secondary N) is 1. The molecular weight excluding hydrogens is 290 g/mol. The highest BCUT2D eigenvalue weighted by Gasteiger charge is 2.23. The van der Waals surface area contributed by atoms with Gasteiger partial charge in [0.2, 0.25) is 0 Å². The Morgan fingerprint density at radius 3 is 3.00 bits per heavy atom. The Kier molecular flexibility index (Phi) is 5.01. The average molecular weight is 312 g/mol. The summed E-state index contributed by atoms with van der Waals surface area (Å²) in [6.45, 7) is 7.45. The van der Waals surface area contributed by atoms with Gasteiger partial charge in [-0.2, -0.15) is 0 Å². The van der Waals surface area contributed by atoms with E-state index in [9.17, 15) is 0 Å². The van der Waals surface area contributed by atoms with E-state index in [1.54, 1.807) is 0 Å². The van der Waals surface area contributed by atoms with E-state index < -0.39 is 0 Å². The van der Waals surface area contributed by atoms with Crippen molar-refractivity contribution in [3.63, 3.8) is 0 Å². The fourth-order valence-corrected chi connectivity index (χ4v) is 2.74. The Hall–Kier alpha value is -0.610. The maximum absolute atomic E-state index is 4.71. The number of hydrogen-bond acceptors (Lipinski definition) is 3. The van der Waals surface area contributed by atoms with Crippen LogP contribution < -0.4 is 10.2 Å². The summed E-state index contributed by atoms with van der Waals surface area (Å²) in [5, 5.41) is 3.47. The van der Waals surface area contributed by atoms with Gasteiger partial charge >= 0.3 is 0 Å². The van der Waals surface area contributed by atoms with E-state index >= 15 is 0 Å². The topological polar surface area (TPSA) is 28.2 Å². The van der Waals surface area contributed by atoms with Crippen molar-refractivity contribution in [1.82, 2.24) is 10.3 Å². The molecule has 0 bridgehead atoms. The molecule has 1 aliphatic rings. The van der Waals surface area contributed by atoms with Gasteiger partial charge in [-0.15, -0.1) is 0 Å². The van der Waals surface area contributed by atoms with Crippen LogP contribution in [0.2, 0.25) is 0 Å². The van der Waals surface area contributed by atoms with Crippen LogP contribution >= 0.6 is 15.9 Å². The first-order valence-electron chi connectivity index (χ1n) is 6.83. The van der Waals surface area contributed by atoms with E-state index in [-0.39, 0.29) is 0 Å². The van der Waals surface area contributed by atoms with Gasteiger partial charge in [-0.1, -0.05) is 6.92 Å². The summed E-state index contributed by atoms with van der Waals surface area (Å²) in [5.74, 6) is 1.12. The number of hydrogen-bond donors (Lipinski definition) is 1. The summed E-state index contributed by atoms with van der Waals surface area (Å²) in [7, 11) is 0. The Morgan fingerprint density at radius 2 is 2.28 bits per heavy atom. The van der Waals surface area contributed by atoms with Crippen molar-refractivity contribution in [3.8, 4) is 0 Å². The maximum Gasteiger partial charge on any atom is 0.129 e. The van der Waals surface area contributed by atoms with Gasteiger partial charge in [0.25, 0.3) is 0 Å². The normalized spacial score (nSPS) is 20.2. The average Bonchev–Trinajstić information content (AvgIpc) is 2.40. The van der Waals surface area contributed by atoms with Crippen LogP contribution in [0.25, 0.3) is 0 Å². The summed E-state index contributed by atoms with van der Waals surface area (Å²) in [6, 6.07) is 4.82. The summed E-state index contributed by atoms with van der Waals surface area (Å²) < 4.78 is 1.09. The van der Waals surface area contributed by atoms with Crippen molar-refractivity contribution >= 4 is 21.7 Å². The Bertz CT molecular complexity index is 395. The fraction of sp³-hybridized carbons (Fsp3) is 0.643. The number of rotatable bonds is 4. The number of aryl methyl sites for hydroxylation is 1. The number of aromatic nitrogens is 1. The molecule has 1 saturated heterocycles. The molecule has 0 amide bonds. The van der Waals surface area contributed by atoms with E-state index in [2.05, 4.69) is 52.1 Å². The molecule has 0 aliphatic carbocycles. The van der Waals surface area contributed by atoms with Crippen molar-refractivity contribution in [2.45, 2.75) is 39.2 Å². The molecule has 3 nitrogen and oxygen atoms in total. The lowest BCUT2D eigenvalue weighted by Crippen LogP contribution is -2.46. The van der Waals surface area contributed by atoms with Crippen LogP contribution in [0.3, 0.4) is 0 Å². The van der Waals surface area contributed by atoms with E-state index in [4.69, 9.17) is 4.98 Å². The molecule has 1 unspecified atom stereocenters. The summed E-state index contributed by atoms with van der Waals surface area (Å²) in [4.78, 5) is 7.17. The van der Waals surface area contributed by atoms with Crippen LogP contribution in [0.4, 0.5) is 5.82 Å². The zero-order chi connectivity index (χ0) is 13.0. The lowest BCUT2D eigenvalue weighted by molar-refractivity contribution is 0.436. The third-order valence-corrected chi connectivity index (χ3v) is 4.40. The molecule has 0 saturated carbocycles. The van der Waals surface area contributed by atoms with E-state index in [0.717, 1.165) is 35.6 Å². The molecule has 2 rings (SSSR count). The van der Waals surface area contributed by atoms with Crippen LogP contribution in [0, 0.1) is 6.92 Å². The zero-order valence-electron chi connectivity index (χ0n) is 11.2. The van der Waals surface area contributed by atoms with Gasteiger partial charge in [0.1, 0.15) is 5.82 Å². The lowest BCUT2D eigenvalue weighted by Gasteiger charge is -2.37. The molecule has 1 aromatic rings. The van der Waals surface area contributed by atoms with Gasteiger partial charge in [-0.3, -0.25) is 0 Å². The van der Waals surface area contributed by atoms with Gasteiger partial charge in [0.15, 0.2) is 0 Å². The van der Waals surface area contributed by atoms with Gasteiger partial charge in [-0.05, 0) is 60.8 Å². The molecule has 0 radical (unpaired) electrons. The van der Waals surface area contributed by atoms with Crippen molar-refractivity contribution in [1.29, 1.82) is 0 Å². The molecule has 1 fully saturated rings. The molecule has 1 atom stereocenters. The molecule has 0 aromatic carbocycles. The van der Waals surface area contributed by atoms with Crippen molar-refractivity contribution in [2.24, 2.45) is 0 Å². The molecule has 1 aliphatic heterocycles. The first-order chi connectivity index (χ1) is 8.72. The first kappa shape index (κ1) is 13.8. The molecule has 2 heterocycles. The van der Waals surface area contributed by atoms with E-state index in [0.29, 0.717) is 6.04 Å². The van der Waals surface area contributed by atoms with Crippen LogP contribution in [0.1, 0.15) is 31.9 Å². The van der Waals surface area contributed by atoms with Crippen molar-refractivity contribution in [3.05, 3.63) is 22.3 Å².